The number of benzene rings is 1. The van der Waals surface area contributed by atoms with Crippen LogP contribution in [0.4, 0.5) is 5.69 Å². The number of carbonyl (C=O) groups is 1. The zero-order valence-corrected chi connectivity index (χ0v) is 9.78. The number of anilines is 1. The first-order valence-electron chi connectivity index (χ1n) is 4.09. The molecule has 72 valence electrons. The van der Waals surface area contributed by atoms with Crippen molar-refractivity contribution in [3.05, 3.63) is 27.8 Å². The highest BCUT2D eigenvalue weighted by molar-refractivity contribution is 14.1. The molecule has 0 aliphatic heterocycles. The fourth-order valence-electron chi connectivity index (χ4n) is 0.875. The van der Waals surface area contributed by atoms with E-state index >= 15 is 0 Å². The number of amides is 1. The fourth-order valence-corrected chi connectivity index (χ4v) is 1.42. The van der Waals surface area contributed by atoms with Gasteiger partial charge in [-0.05, 0) is 47.7 Å². The van der Waals surface area contributed by atoms with Crippen LogP contribution < -0.4 is 5.32 Å². The minimum Gasteiger partial charge on any atom is -0.325 e. The lowest BCUT2D eigenvalue weighted by molar-refractivity contribution is -0.117. The maximum Gasteiger partial charge on any atom is 0.241 e. The summed E-state index contributed by atoms with van der Waals surface area (Å²) in [5.41, 5.74) is 0.726. The highest BCUT2D eigenvalue weighted by atomic mass is 127. The second-order valence-corrected chi connectivity index (χ2v) is 4.10. The molecule has 14 heavy (non-hydrogen) atoms. The average Bonchev–Trinajstić information content (AvgIpc) is 2.16. The Balaban J connectivity index is 2.71. The first-order valence-corrected chi connectivity index (χ1v) is 5.17. The molecule has 1 rings (SSSR count). The first kappa shape index (κ1) is 11.0. The molecule has 0 saturated carbocycles. The minimum absolute atomic E-state index is 0.269. The van der Waals surface area contributed by atoms with Gasteiger partial charge < -0.3 is 5.32 Å². The van der Waals surface area contributed by atoms with Gasteiger partial charge in [0, 0.05) is 9.26 Å². The van der Waals surface area contributed by atoms with E-state index in [1.165, 1.54) is 0 Å². The molecular weight excluding hydrogens is 291 g/mol. The van der Waals surface area contributed by atoms with Gasteiger partial charge in [0.05, 0.1) is 6.07 Å². The van der Waals surface area contributed by atoms with E-state index in [4.69, 9.17) is 5.26 Å². The summed E-state index contributed by atoms with van der Waals surface area (Å²) in [6, 6.07) is 9.32. The van der Waals surface area contributed by atoms with Crippen LogP contribution >= 0.6 is 22.6 Å². The maximum absolute atomic E-state index is 11.3. The number of halogens is 1. The van der Waals surface area contributed by atoms with Crippen LogP contribution in [0.1, 0.15) is 6.92 Å². The lowest BCUT2D eigenvalue weighted by Crippen LogP contribution is -2.18. The molecule has 1 aromatic rings. The van der Waals surface area contributed by atoms with Crippen molar-refractivity contribution in [3.8, 4) is 6.07 Å². The van der Waals surface area contributed by atoms with Crippen LogP contribution in [0, 0.1) is 20.8 Å². The summed E-state index contributed by atoms with van der Waals surface area (Å²) in [7, 11) is 0. The van der Waals surface area contributed by atoms with Gasteiger partial charge in [-0.25, -0.2) is 0 Å². The van der Waals surface area contributed by atoms with Crippen molar-refractivity contribution in [2.45, 2.75) is 6.92 Å². The molecule has 0 aromatic heterocycles. The molecule has 0 heterocycles. The van der Waals surface area contributed by atoms with E-state index in [0.717, 1.165) is 9.26 Å². The quantitative estimate of drug-likeness (QED) is 0.853. The second-order valence-electron chi connectivity index (χ2n) is 2.85. The van der Waals surface area contributed by atoms with E-state index < -0.39 is 5.92 Å². The van der Waals surface area contributed by atoms with Gasteiger partial charge in [-0.1, -0.05) is 6.07 Å². The fraction of sp³-hybridized carbons (Fsp3) is 0.200. The van der Waals surface area contributed by atoms with Gasteiger partial charge in [0.1, 0.15) is 5.92 Å². The molecule has 1 N–H and O–H groups in total. The van der Waals surface area contributed by atoms with Crippen LogP contribution in [0.15, 0.2) is 24.3 Å². The van der Waals surface area contributed by atoms with Crippen LogP contribution in [0.2, 0.25) is 0 Å². The molecule has 1 amide bonds. The summed E-state index contributed by atoms with van der Waals surface area (Å²) < 4.78 is 1.05. The number of hydrogen-bond acceptors (Lipinski definition) is 2. The standard InChI is InChI=1S/C10H9IN2O/c1-7(6-12)10(14)13-9-4-2-3-8(11)5-9/h2-5,7H,1H3,(H,13,14). The van der Waals surface area contributed by atoms with Crippen LogP contribution in [0.5, 0.6) is 0 Å². The van der Waals surface area contributed by atoms with Crippen LogP contribution in [0.3, 0.4) is 0 Å². The Kier molecular flexibility index (Phi) is 3.89. The Morgan fingerprint density at radius 2 is 2.36 bits per heavy atom. The van der Waals surface area contributed by atoms with Crippen LogP contribution in [0.25, 0.3) is 0 Å². The number of nitriles is 1. The largest absolute Gasteiger partial charge is 0.325 e. The monoisotopic (exact) mass is 300 g/mol. The zero-order chi connectivity index (χ0) is 10.6. The molecule has 0 aliphatic rings. The smallest absolute Gasteiger partial charge is 0.241 e. The summed E-state index contributed by atoms with van der Waals surface area (Å²) in [5.74, 6) is -0.887. The molecule has 0 radical (unpaired) electrons. The SMILES string of the molecule is CC(C#N)C(=O)Nc1cccc(I)c1. The van der Waals surface area contributed by atoms with Gasteiger partial charge in [0.15, 0.2) is 0 Å². The number of hydrogen-bond donors (Lipinski definition) is 1. The molecule has 1 unspecified atom stereocenters. The summed E-state index contributed by atoms with van der Waals surface area (Å²) in [6.07, 6.45) is 0. The Labute approximate surface area is 96.3 Å². The van der Waals surface area contributed by atoms with Gasteiger partial charge in [-0.3, -0.25) is 4.79 Å². The van der Waals surface area contributed by atoms with E-state index in [-0.39, 0.29) is 5.91 Å². The van der Waals surface area contributed by atoms with E-state index in [9.17, 15) is 4.79 Å². The molecule has 1 aromatic carbocycles. The van der Waals surface area contributed by atoms with Crippen molar-refractivity contribution < 1.29 is 4.79 Å². The summed E-state index contributed by atoms with van der Waals surface area (Å²) in [5, 5.41) is 11.2. The molecule has 4 heteroatoms. The Hall–Kier alpha value is -1.09. The summed E-state index contributed by atoms with van der Waals surface area (Å²) in [4.78, 5) is 11.3. The normalized spacial score (nSPS) is 11.5. The highest BCUT2D eigenvalue weighted by Crippen LogP contribution is 2.13. The van der Waals surface area contributed by atoms with E-state index in [1.54, 1.807) is 13.0 Å². The predicted molar refractivity (Wildman–Crippen MR) is 62.6 cm³/mol. The van der Waals surface area contributed by atoms with Crippen molar-refractivity contribution in [3.63, 3.8) is 0 Å². The zero-order valence-electron chi connectivity index (χ0n) is 7.62. The van der Waals surface area contributed by atoms with E-state index in [1.807, 2.05) is 24.3 Å². The second kappa shape index (κ2) is 4.96. The van der Waals surface area contributed by atoms with Crippen molar-refractivity contribution in [2.24, 2.45) is 5.92 Å². The molecule has 0 bridgehead atoms. The third-order valence-corrected chi connectivity index (χ3v) is 2.35. The lowest BCUT2D eigenvalue weighted by Gasteiger charge is -2.05. The average molecular weight is 300 g/mol. The Morgan fingerprint density at radius 1 is 1.64 bits per heavy atom. The molecule has 0 fully saturated rings. The van der Waals surface area contributed by atoms with Gasteiger partial charge in [-0.15, -0.1) is 0 Å². The van der Waals surface area contributed by atoms with Crippen LogP contribution in [-0.2, 0) is 4.79 Å². The lowest BCUT2D eigenvalue weighted by atomic mass is 10.2. The highest BCUT2D eigenvalue weighted by Gasteiger charge is 2.11. The van der Waals surface area contributed by atoms with E-state index in [2.05, 4.69) is 27.9 Å². The number of nitrogens with one attached hydrogen (secondary N) is 1. The van der Waals surface area contributed by atoms with Crippen LogP contribution in [-0.4, -0.2) is 5.91 Å². The molecule has 0 aliphatic carbocycles. The number of carbonyl (C=O) groups excluding carboxylic acids is 1. The maximum atomic E-state index is 11.3. The van der Waals surface area contributed by atoms with E-state index in [0.29, 0.717) is 0 Å². The molecular formula is C10H9IN2O. The molecule has 1 atom stereocenters. The van der Waals surface area contributed by atoms with Crippen molar-refractivity contribution in [1.29, 1.82) is 5.26 Å². The van der Waals surface area contributed by atoms with Crippen molar-refractivity contribution in [2.75, 3.05) is 5.32 Å². The molecule has 0 saturated heterocycles. The van der Waals surface area contributed by atoms with Gasteiger partial charge in [-0.2, -0.15) is 5.26 Å². The van der Waals surface area contributed by atoms with Crippen molar-refractivity contribution in [1.82, 2.24) is 0 Å². The molecule has 0 spiro atoms. The summed E-state index contributed by atoms with van der Waals surface area (Å²) in [6.45, 7) is 1.57. The predicted octanol–water partition coefficient (Wildman–Crippen LogP) is 2.39. The number of nitrogens with zero attached hydrogens (tertiary/aromatic N) is 1. The van der Waals surface area contributed by atoms with Gasteiger partial charge in [0.25, 0.3) is 0 Å². The van der Waals surface area contributed by atoms with Gasteiger partial charge in [0.2, 0.25) is 5.91 Å². The Morgan fingerprint density at radius 3 is 2.93 bits per heavy atom. The third-order valence-electron chi connectivity index (χ3n) is 1.68. The van der Waals surface area contributed by atoms with Gasteiger partial charge >= 0.3 is 0 Å². The summed E-state index contributed by atoms with van der Waals surface area (Å²) >= 11 is 2.16. The third kappa shape index (κ3) is 3.00. The molecule has 3 nitrogen and oxygen atoms in total. The first-order chi connectivity index (χ1) is 6.63. The minimum atomic E-state index is -0.618. The Bertz CT molecular complexity index is 384. The number of rotatable bonds is 2. The van der Waals surface area contributed by atoms with Crippen molar-refractivity contribution >= 4 is 34.2 Å². The topological polar surface area (TPSA) is 52.9 Å².